The number of methoxy groups -OCH3 is 1. The maximum Gasteiger partial charge on any atom is 0.122 e. The summed E-state index contributed by atoms with van der Waals surface area (Å²) >= 11 is 0. The molecule has 2 N–H and O–H groups in total. The van der Waals surface area contributed by atoms with E-state index in [-0.39, 0.29) is 0 Å². The molecule has 1 aliphatic heterocycles. The predicted molar refractivity (Wildman–Crippen MR) is 88.3 cm³/mol. The van der Waals surface area contributed by atoms with Crippen molar-refractivity contribution in [3.8, 4) is 5.75 Å². The minimum atomic E-state index is 0.522. The van der Waals surface area contributed by atoms with E-state index in [1.807, 2.05) is 0 Å². The van der Waals surface area contributed by atoms with Gasteiger partial charge in [-0.2, -0.15) is 0 Å². The maximum atomic E-state index is 5.75. The smallest absolute Gasteiger partial charge is 0.122 e. The third kappa shape index (κ3) is 2.42. The molecule has 0 atom stereocenters. The number of rotatable bonds is 4. The van der Waals surface area contributed by atoms with Crippen molar-refractivity contribution in [3.63, 3.8) is 0 Å². The molecule has 2 aliphatic rings. The van der Waals surface area contributed by atoms with E-state index in [4.69, 9.17) is 10.5 Å². The lowest BCUT2D eigenvalue weighted by molar-refractivity contribution is 0.134. The van der Waals surface area contributed by atoms with Crippen molar-refractivity contribution in [2.75, 3.05) is 31.6 Å². The second kappa shape index (κ2) is 5.53. The average Bonchev–Trinajstić information content (AvgIpc) is 2.46. The summed E-state index contributed by atoms with van der Waals surface area (Å²) in [5.74, 6) is 1.04. The molecule has 21 heavy (non-hydrogen) atoms. The van der Waals surface area contributed by atoms with E-state index in [1.165, 1.54) is 54.6 Å². The Balaban J connectivity index is 2.03. The van der Waals surface area contributed by atoms with Crippen LogP contribution in [-0.4, -0.2) is 26.7 Å². The molecule has 1 aromatic rings. The van der Waals surface area contributed by atoms with Crippen LogP contribution in [0.1, 0.15) is 42.4 Å². The zero-order chi connectivity index (χ0) is 15.0. The molecule has 116 valence electrons. The summed E-state index contributed by atoms with van der Waals surface area (Å²) in [5.41, 5.74) is 11.9. The number of benzene rings is 1. The molecule has 3 heteroatoms. The van der Waals surface area contributed by atoms with Gasteiger partial charge in [-0.15, -0.1) is 0 Å². The van der Waals surface area contributed by atoms with Gasteiger partial charge in [0.2, 0.25) is 0 Å². The van der Waals surface area contributed by atoms with Crippen LogP contribution < -0.4 is 15.4 Å². The van der Waals surface area contributed by atoms with Crippen molar-refractivity contribution in [1.82, 2.24) is 0 Å². The van der Waals surface area contributed by atoms with E-state index in [2.05, 4.69) is 24.8 Å². The van der Waals surface area contributed by atoms with E-state index < -0.39 is 0 Å². The lowest BCUT2D eigenvalue weighted by Crippen LogP contribution is -2.48. The van der Waals surface area contributed by atoms with Gasteiger partial charge < -0.3 is 15.4 Å². The molecule has 0 radical (unpaired) electrons. The molecule has 0 aromatic heterocycles. The topological polar surface area (TPSA) is 38.5 Å². The van der Waals surface area contributed by atoms with Gasteiger partial charge in [0, 0.05) is 18.8 Å². The third-order valence-electron chi connectivity index (χ3n) is 5.57. The number of anilines is 1. The summed E-state index contributed by atoms with van der Waals surface area (Å²) in [6.07, 6.45) is 6.43. The molecular formula is C18H28N2O. The first-order chi connectivity index (χ1) is 10.1. The van der Waals surface area contributed by atoms with Gasteiger partial charge in [-0.25, -0.2) is 0 Å². The Kier molecular flexibility index (Phi) is 3.87. The molecule has 0 saturated heterocycles. The van der Waals surface area contributed by atoms with Gasteiger partial charge >= 0.3 is 0 Å². The van der Waals surface area contributed by atoms with Crippen LogP contribution in [0.4, 0.5) is 5.69 Å². The molecule has 1 aliphatic carbocycles. The van der Waals surface area contributed by atoms with Crippen LogP contribution in [0.2, 0.25) is 0 Å². The Morgan fingerprint density at radius 3 is 2.62 bits per heavy atom. The van der Waals surface area contributed by atoms with Gasteiger partial charge in [-0.3, -0.25) is 0 Å². The van der Waals surface area contributed by atoms with Crippen LogP contribution in [0, 0.1) is 19.3 Å². The molecule has 1 heterocycles. The molecular weight excluding hydrogens is 260 g/mol. The Hall–Kier alpha value is -1.22. The summed E-state index contributed by atoms with van der Waals surface area (Å²) in [4.78, 5) is 2.60. The van der Waals surface area contributed by atoms with Gasteiger partial charge in [0.15, 0.2) is 0 Å². The van der Waals surface area contributed by atoms with E-state index in [9.17, 15) is 0 Å². The highest BCUT2D eigenvalue weighted by atomic mass is 16.5. The number of nitrogens with zero attached hydrogens (tertiary/aromatic N) is 1. The standard InChI is InChI=1S/C18H28N2O/c1-13-14(2)17-15(10-16(13)21-3)11-18(6-4-7-18)12-20(17)9-5-8-19/h10H,4-9,11-12,19H2,1-3H3. The van der Waals surface area contributed by atoms with Crippen LogP contribution in [-0.2, 0) is 6.42 Å². The van der Waals surface area contributed by atoms with Crippen LogP contribution in [0.3, 0.4) is 0 Å². The summed E-state index contributed by atoms with van der Waals surface area (Å²) in [6, 6.07) is 2.28. The monoisotopic (exact) mass is 288 g/mol. The highest BCUT2D eigenvalue weighted by Gasteiger charge is 2.43. The van der Waals surface area contributed by atoms with Crippen molar-refractivity contribution >= 4 is 5.69 Å². The lowest BCUT2D eigenvalue weighted by atomic mass is 9.63. The summed E-state index contributed by atoms with van der Waals surface area (Å²) in [6.45, 7) is 7.48. The quantitative estimate of drug-likeness (QED) is 0.924. The molecule has 1 saturated carbocycles. The minimum absolute atomic E-state index is 0.522. The Morgan fingerprint density at radius 1 is 1.29 bits per heavy atom. The van der Waals surface area contributed by atoms with E-state index in [0.717, 1.165) is 25.3 Å². The first kappa shape index (κ1) is 14.7. The Bertz CT molecular complexity index is 535. The van der Waals surface area contributed by atoms with Gasteiger partial charge in [-0.05, 0) is 74.2 Å². The third-order valence-corrected chi connectivity index (χ3v) is 5.57. The van der Waals surface area contributed by atoms with Crippen molar-refractivity contribution in [2.24, 2.45) is 11.1 Å². The maximum absolute atomic E-state index is 5.75. The Morgan fingerprint density at radius 2 is 2.05 bits per heavy atom. The minimum Gasteiger partial charge on any atom is -0.496 e. The highest BCUT2D eigenvalue weighted by Crippen LogP contribution is 2.51. The van der Waals surface area contributed by atoms with Crippen molar-refractivity contribution < 1.29 is 4.74 Å². The number of hydrogen-bond acceptors (Lipinski definition) is 3. The predicted octanol–water partition coefficient (Wildman–Crippen LogP) is 3.19. The summed E-state index contributed by atoms with van der Waals surface area (Å²) in [5, 5.41) is 0. The number of nitrogens with two attached hydrogens (primary N) is 1. The molecule has 3 rings (SSSR count). The molecule has 0 bridgehead atoms. The molecule has 1 spiro atoms. The fraction of sp³-hybridized carbons (Fsp3) is 0.667. The first-order valence-electron chi connectivity index (χ1n) is 8.22. The van der Waals surface area contributed by atoms with Crippen LogP contribution in [0.25, 0.3) is 0 Å². The van der Waals surface area contributed by atoms with Crippen LogP contribution in [0.15, 0.2) is 6.07 Å². The van der Waals surface area contributed by atoms with E-state index in [1.54, 1.807) is 7.11 Å². The molecule has 0 unspecified atom stereocenters. The average molecular weight is 288 g/mol. The normalized spacial score (nSPS) is 19.3. The number of fused-ring (bicyclic) bond motifs is 1. The van der Waals surface area contributed by atoms with Gasteiger partial charge in [0.05, 0.1) is 7.11 Å². The SMILES string of the molecule is COc1cc2c(c(C)c1C)N(CCCN)CC1(CCC1)C2. The fourth-order valence-electron chi connectivity index (χ4n) is 4.15. The summed E-state index contributed by atoms with van der Waals surface area (Å²) in [7, 11) is 1.78. The molecule has 0 amide bonds. The van der Waals surface area contributed by atoms with Crippen LogP contribution in [0.5, 0.6) is 5.75 Å². The van der Waals surface area contributed by atoms with Crippen molar-refractivity contribution in [2.45, 2.75) is 46.0 Å². The lowest BCUT2D eigenvalue weighted by Gasteiger charge is -2.51. The summed E-state index contributed by atoms with van der Waals surface area (Å²) < 4.78 is 5.59. The van der Waals surface area contributed by atoms with E-state index in [0.29, 0.717) is 5.41 Å². The molecule has 3 nitrogen and oxygen atoms in total. The van der Waals surface area contributed by atoms with Crippen molar-refractivity contribution in [1.29, 1.82) is 0 Å². The first-order valence-corrected chi connectivity index (χ1v) is 8.22. The second-order valence-electron chi connectivity index (χ2n) is 6.93. The molecule has 1 fully saturated rings. The number of ether oxygens (including phenoxy) is 1. The van der Waals surface area contributed by atoms with Gasteiger partial charge in [0.1, 0.15) is 5.75 Å². The zero-order valence-corrected chi connectivity index (χ0v) is 13.7. The molecule has 1 aromatic carbocycles. The zero-order valence-electron chi connectivity index (χ0n) is 13.7. The van der Waals surface area contributed by atoms with Crippen molar-refractivity contribution in [3.05, 3.63) is 22.8 Å². The van der Waals surface area contributed by atoms with Crippen LogP contribution >= 0.6 is 0 Å². The van der Waals surface area contributed by atoms with Gasteiger partial charge in [0.25, 0.3) is 0 Å². The van der Waals surface area contributed by atoms with Gasteiger partial charge in [-0.1, -0.05) is 6.42 Å². The van der Waals surface area contributed by atoms with E-state index >= 15 is 0 Å². The fourth-order valence-corrected chi connectivity index (χ4v) is 4.15. The number of hydrogen-bond donors (Lipinski definition) is 1. The Labute approximate surface area is 128 Å². The largest absolute Gasteiger partial charge is 0.496 e. The highest BCUT2D eigenvalue weighted by molar-refractivity contribution is 5.67. The second-order valence-corrected chi connectivity index (χ2v) is 6.93.